The van der Waals surface area contributed by atoms with Crippen molar-refractivity contribution in [3.05, 3.63) is 59.8 Å². The minimum atomic E-state index is -0.918. The molecule has 1 aromatic carbocycles. The van der Waals surface area contributed by atoms with Gasteiger partial charge in [-0.1, -0.05) is 30.3 Å². The van der Waals surface area contributed by atoms with Crippen molar-refractivity contribution in [3.63, 3.8) is 0 Å². The Morgan fingerprint density at radius 2 is 1.87 bits per heavy atom. The summed E-state index contributed by atoms with van der Waals surface area (Å²) < 4.78 is 0. The Labute approximate surface area is 136 Å². The molecule has 3 rings (SSSR count). The van der Waals surface area contributed by atoms with Crippen molar-refractivity contribution in [2.45, 2.75) is 13.0 Å². The third-order valence-corrected chi connectivity index (χ3v) is 4.15. The van der Waals surface area contributed by atoms with Gasteiger partial charge in [-0.05, 0) is 24.1 Å². The molecule has 0 unspecified atom stereocenters. The van der Waals surface area contributed by atoms with Crippen LogP contribution >= 0.6 is 0 Å². The summed E-state index contributed by atoms with van der Waals surface area (Å²) in [6.45, 7) is 4.49. The molecule has 1 aromatic heterocycles. The Bertz CT molecular complexity index is 660. The van der Waals surface area contributed by atoms with Gasteiger partial charge < -0.3 is 10.0 Å². The molecule has 5 heteroatoms. The highest BCUT2D eigenvalue weighted by Crippen LogP contribution is 2.19. The molecule has 0 spiro atoms. The number of carboxylic acid groups (broad SMARTS) is 1. The lowest BCUT2D eigenvalue weighted by Gasteiger charge is -2.23. The molecule has 0 saturated carbocycles. The average molecular weight is 311 g/mol. The Kier molecular flexibility index (Phi) is 4.88. The molecule has 23 heavy (non-hydrogen) atoms. The highest BCUT2D eigenvalue weighted by Gasteiger charge is 2.20. The number of aromatic nitrogens is 1. The topological polar surface area (TPSA) is 56.7 Å². The predicted molar refractivity (Wildman–Crippen MR) is 89.7 cm³/mol. The predicted octanol–water partition coefficient (Wildman–Crippen LogP) is 2.49. The van der Waals surface area contributed by atoms with Crippen molar-refractivity contribution in [1.29, 1.82) is 0 Å². The molecule has 1 N–H and O–H groups in total. The quantitative estimate of drug-likeness (QED) is 0.940. The fraction of sp³-hybridized carbons (Fsp3) is 0.333. The van der Waals surface area contributed by atoms with Gasteiger partial charge in [0.1, 0.15) is 11.4 Å². The van der Waals surface area contributed by atoms with Crippen LogP contribution in [0.25, 0.3) is 0 Å². The summed E-state index contributed by atoms with van der Waals surface area (Å²) in [5, 5.41) is 9.34. The Hall–Kier alpha value is -2.40. The molecule has 1 aliphatic heterocycles. The summed E-state index contributed by atoms with van der Waals surface area (Å²) in [4.78, 5) is 20.2. The third kappa shape index (κ3) is 3.87. The maximum absolute atomic E-state index is 11.4. The first-order valence-electron chi connectivity index (χ1n) is 7.93. The Morgan fingerprint density at radius 1 is 1.04 bits per heavy atom. The molecule has 0 aliphatic carbocycles. The van der Waals surface area contributed by atoms with Crippen LogP contribution in [0.4, 0.5) is 5.82 Å². The van der Waals surface area contributed by atoms with Crippen LogP contribution < -0.4 is 4.90 Å². The summed E-state index contributed by atoms with van der Waals surface area (Å²) in [6, 6.07) is 13.7. The van der Waals surface area contributed by atoms with Gasteiger partial charge in [0.05, 0.1) is 0 Å². The minimum Gasteiger partial charge on any atom is -0.478 e. The SMILES string of the molecule is O=C(O)c1cccnc1N1CCCN(Cc2ccccc2)CC1. The van der Waals surface area contributed by atoms with E-state index in [-0.39, 0.29) is 5.56 Å². The van der Waals surface area contributed by atoms with Crippen LogP contribution in [0.2, 0.25) is 0 Å². The Morgan fingerprint density at radius 3 is 2.65 bits per heavy atom. The van der Waals surface area contributed by atoms with Crippen LogP contribution in [0.5, 0.6) is 0 Å². The molecule has 2 heterocycles. The number of carboxylic acids is 1. The first-order chi connectivity index (χ1) is 11.2. The first kappa shape index (κ1) is 15.5. The van der Waals surface area contributed by atoms with Gasteiger partial charge in [0.25, 0.3) is 0 Å². The normalized spacial score (nSPS) is 16.1. The van der Waals surface area contributed by atoms with Crippen LogP contribution in [0.3, 0.4) is 0 Å². The fourth-order valence-electron chi connectivity index (χ4n) is 3.00. The van der Waals surface area contributed by atoms with Crippen molar-refractivity contribution >= 4 is 11.8 Å². The number of nitrogens with zero attached hydrogens (tertiary/aromatic N) is 3. The van der Waals surface area contributed by atoms with Crippen molar-refractivity contribution in [2.75, 3.05) is 31.1 Å². The van der Waals surface area contributed by atoms with E-state index in [0.717, 1.165) is 39.1 Å². The second-order valence-corrected chi connectivity index (χ2v) is 5.78. The number of anilines is 1. The van der Waals surface area contributed by atoms with Gasteiger partial charge in [-0.15, -0.1) is 0 Å². The van der Waals surface area contributed by atoms with Crippen molar-refractivity contribution in [1.82, 2.24) is 9.88 Å². The van der Waals surface area contributed by atoms with E-state index in [0.29, 0.717) is 5.82 Å². The molecule has 1 fully saturated rings. The fourth-order valence-corrected chi connectivity index (χ4v) is 3.00. The summed E-state index contributed by atoms with van der Waals surface area (Å²) >= 11 is 0. The van der Waals surface area contributed by atoms with Crippen LogP contribution in [0.15, 0.2) is 48.7 Å². The second-order valence-electron chi connectivity index (χ2n) is 5.78. The smallest absolute Gasteiger partial charge is 0.339 e. The van der Waals surface area contributed by atoms with E-state index >= 15 is 0 Å². The van der Waals surface area contributed by atoms with Gasteiger partial charge in [-0.3, -0.25) is 4.90 Å². The number of rotatable bonds is 4. The van der Waals surface area contributed by atoms with E-state index in [1.165, 1.54) is 5.56 Å². The molecule has 120 valence electrons. The number of pyridine rings is 1. The van der Waals surface area contributed by atoms with Crippen LogP contribution in [0.1, 0.15) is 22.3 Å². The van der Waals surface area contributed by atoms with Gasteiger partial charge in [0, 0.05) is 38.9 Å². The van der Waals surface area contributed by atoms with Gasteiger partial charge in [0.15, 0.2) is 0 Å². The maximum Gasteiger partial charge on any atom is 0.339 e. The summed E-state index contributed by atoms with van der Waals surface area (Å²) in [6.07, 6.45) is 2.66. The van der Waals surface area contributed by atoms with Crippen LogP contribution in [-0.4, -0.2) is 47.1 Å². The molecular formula is C18H21N3O2. The molecular weight excluding hydrogens is 290 g/mol. The lowest BCUT2D eigenvalue weighted by atomic mass is 10.2. The lowest BCUT2D eigenvalue weighted by Crippen LogP contribution is -2.31. The van der Waals surface area contributed by atoms with E-state index in [2.05, 4.69) is 39.0 Å². The largest absolute Gasteiger partial charge is 0.478 e. The standard InChI is InChI=1S/C18H21N3O2/c22-18(23)16-8-4-9-19-17(16)21-11-5-10-20(12-13-21)14-15-6-2-1-3-7-15/h1-4,6-9H,5,10-14H2,(H,22,23). The zero-order valence-electron chi connectivity index (χ0n) is 13.1. The second kappa shape index (κ2) is 7.24. The van der Waals surface area contributed by atoms with E-state index in [1.807, 2.05) is 6.07 Å². The highest BCUT2D eigenvalue weighted by atomic mass is 16.4. The molecule has 1 saturated heterocycles. The number of hydrogen-bond donors (Lipinski definition) is 1. The molecule has 5 nitrogen and oxygen atoms in total. The van der Waals surface area contributed by atoms with Crippen molar-refractivity contribution in [3.8, 4) is 0 Å². The molecule has 2 aromatic rings. The summed E-state index contributed by atoms with van der Waals surface area (Å²) in [7, 11) is 0. The van der Waals surface area contributed by atoms with E-state index in [1.54, 1.807) is 18.3 Å². The monoisotopic (exact) mass is 311 g/mol. The molecule has 0 radical (unpaired) electrons. The van der Waals surface area contributed by atoms with E-state index in [4.69, 9.17) is 0 Å². The van der Waals surface area contributed by atoms with Crippen LogP contribution in [0, 0.1) is 0 Å². The number of benzene rings is 1. The molecule has 0 atom stereocenters. The van der Waals surface area contributed by atoms with Gasteiger partial charge in [0.2, 0.25) is 0 Å². The zero-order chi connectivity index (χ0) is 16.1. The first-order valence-corrected chi connectivity index (χ1v) is 7.93. The highest BCUT2D eigenvalue weighted by molar-refractivity contribution is 5.93. The van der Waals surface area contributed by atoms with Gasteiger partial charge in [-0.25, -0.2) is 9.78 Å². The number of aromatic carboxylic acids is 1. The Balaban J connectivity index is 1.68. The lowest BCUT2D eigenvalue weighted by molar-refractivity contribution is 0.0697. The minimum absolute atomic E-state index is 0.281. The molecule has 0 bridgehead atoms. The van der Waals surface area contributed by atoms with Crippen LogP contribution in [-0.2, 0) is 6.54 Å². The molecule has 1 aliphatic rings. The average Bonchev–Trinajstić information content (AvgIpc) is 2.81. The van der Waals surface area contributed by atoms with E-state index < -0.39 is 5.97 Å². The van der Waals surface area contributed by atoms with Crippen molar-refractivity contribution < 1.29 is 9.90 Å². The van der Waals surface area contributed by atoms with Crippen molar-refractivity contribution in [2.24, 2.45) is 0 Å². The summed E-state index contributed by atoms with van der Waals surface area (Å²) in [5.41, 5.74) is 1.59. The maximum atomic E-state index is 11.4. The number of hydrogen-bond acceptors (Lipinski definition) is 4. The van der Waals surface area contributed by atoms with E-state index in [9.17, 15) is 9.90 Å². The van der Waals surface area contributed by atoms with Gasteiger partial charge >= 0.3 is 5.97 Å². The number of carbonyl (C=O) groups is 1. The molecule has 0 amide bonds. The summed E-state index contributed by atoms with van der Waals surface area (Å²) in [5.74, 6) is -0.333. The zero-order valence-corrected chi connectivity index (χ0v) is 13.1. The third-order valence-electron chi connectivity index (χ3n) is 4.15. The van der Waals surface area contributed by atoms with Gasteiger partial charge in [-0.2, -0.15) is 0 Å².